The highest BCUT2D eigenvalue weighted by Gasteiger charge is 2.47. The minimum absolute atomic E-state index is 0.315. The van der Waals surface area contributed by atoms with Gasteiger partial charge in [-0.15, -0.1) is 0 Å². The second-order valence-corrected chi connectivity index (χ2v) is 6.82. The maximum Gasteiger partial charge on any atom is 0.211 e. The van der Waals surface area contributed by atoms with Crippen LogP contribution in [0.3, 0.4) is 0 Å². The van der Waals surface area contributed by atoms with Gasteiger partial charge in [-0.25, -0.2) is 12.7 Å². The molecule has 2 heterocycles. The number of hydrogen-bond donors (Lipinski definition) is 0. The SMILES string of the molecule is CN1CCC2(CC1)CN(S(C)(=O)=O)C2. The van der Waals surface area contributed by atoms with Crippen LogP contribution in [0.2, 0.25) is 0 Å². The molecule has 0 bridgehead atoms. The number of likely N-dealkylation sites (tertiary alicyclic amines) is 1. The van der Waals surface area contributed by atoms with Crippen molar-refractivity contribution in [3.8, 4) is 0 Å². The first-order valence-corrected chi connectivity index (χ1v) is 6.90. The Kier molecular flexibility index (Phi) is 2.36. The number of nitrogens with zero attached hydrogens (tertiary/aromatic N) is 2. The summed E-state index contributed by atoms with van der Waals surface area (Å²) in [5, 5.41) is 0. The fourth-order valence-electron chi connectivity index (χ4n) is 2.35. The van der Waals surface area contributed by atoms with E-state index >= 15 is 0 Å². The van der Waals surface area contributed by atoms with Crippen molar-refractivity contribution in [1.29, 1.82) is 0 Å². The van der Waals surface area contributed by atoms with Crippen molar-refractivity contribution in [2.45, 2.75) is 12.8 Å². The van der Waals surface area contributed by atoms with E-state index in [2.05, 4.69) is 11.9 Å². The Bertz CT molecular complexity index is 310. The summed E-state index contributed by atoms with van der Waals surface area (Å²) in [6.45, 7) is 3.72. The van der Waals surface area contributed by atoms with E-state index in [9.17, 15) is 8.42 Å². The summed E-state index contributed by atoms with van der Waals surface area (Å²) in [5.74, 6) is 0. The van der Waals surface area contributed by atoms with E-state index in [1.54, 1.807) is 4.31 Å². The van der Waals surface area contributed by atoms with Gasteiger partial charge in [0.25, 0.3) is 0 Å². The molecule has 5 heteroatoms. The highest BCUT2D eigenvalue weighted by molar-refractivity contribution is 7.88. The Labute approximate surface area is 85.9 Å². The standard InChI is InChI=1S/C9H18N2O2S/c1-10-5-3-9(4-6-10)7-11(8-9)14(2,12)13/h3-8H2,1-2H3. The summed E-state index contributed by atoms with van der Waals surface area (Å²) < 4.78 is 24.0. The molecule has 0 aromatic rings. The molecule has 0 atom stereocenters. The van der Waals surface area contributed by atoms with E-state index in [4.69, 9.17) is 0 Å². The molecule has 0 aromatic carbocycles. The molecule has 2 rings (SSSR count). The quantitative estimate of drug-likeness (QED) is 0.621. The van der Waals surface area contributed by atoms with E-state index < -0.39 is 10.0 Å². The van der Waals surface area contributed by atoms with Gasteiger partial charge in [-0.2, -0.15) is 0 Å². The average molecular weight is 218 g/mol. The average Bonchev–Trinajstić information content (AvgIpc) is 2.00. The molecule has 0 radical (unpaired) electrons. The Morgan fingerprint density at radius 2 is 1.64 bits per heavy atom. The summed E-state index contributed by atoms with van der Waals surface area (Å²) in [4.78, 5) is 2.31. The van der Waals surface area contributed by atoms with Crippen molar-refractivity contribution in [3.63, 3.8) is 0 Å². The first-order chi connectivity index (χ1) is 6.41. The van der Waals surface area contributed by atoms with Crippen LogP contribution >= 0.6 is 0 Å². The van der Waals surface area contributed by atoms with E-state index in [-0.39, 0.29) is 0 Å². The smallest absolute Gasteiger partial charge is 0.211 e. The molecule has 2 aliphatic rings. The second-order valence-electron chi connectivity index (χ2n) is 4.83. The first-order valence-electron chi connectivity index (χ1n) is 5.05. The normalized spacial score (nSPS) is 29.0. The molecular formula is C9H18N2O2S. The van der Waals surface area contributed by atoms with Gasteiger partial charge in [0, 0.05) is 18.5 Å². The Hall–Kier alpha value is -0.130. The number of rotatable bonds is 1. The summed E-state index contributed by atoms with van der Waals surface area (Å²) in [7, 11) is -0.810. The molecule has 2 fully saturated rings. The zero-order valence-electron chi connectivity index (χ0n) is 8.86. The lowest BCUT2D eigenvalue weighted by atomic mass is 9.73. The highest BCUT2D eigenvalue weighted by Crippen LogP contribution is 2.41. The molecule has 2 saturated heterocycles. The Morgan fingerprint density at radius 3 is 2.07 bits per heavy atom. The van der Waals surface area contributed by atoms with Crippen LogP contribution in [-0.2, 0) is 10.0 Å². The minimum Gasteiger partial charge on any atom is -0.306 e. The zero-order chi connectivity index (χ0) is 10.4. The summed E-state index contributed by atoms with van der Waals surface area (Å²) in [6.07, 6.45) is 3.60. The largest absolute Gasteiger partial charge is 0.306 e. The van der Waals surface area contributed by atoms with Crippen LogP contribution in [0.15, 0.2) is 0 Å². The summed E-state index contributed by atoms with van der Waals surface area (Å²) >= 11 is 0. The van der Waals surface area contributed by atoms with Crippen LogP contribution in [-0.4, -0.2) is 57.1 Å². The number of hydrogen-bond acceptors (Lipinski definition) is 3. The minimum atomic E-state index is -2.94. The van der Waals surface area contributed by atoms with Gasteiger partial charge in [-0.1, -0.05) is 0 Å². The van der Waals surface area contributed by atoms with Gasteiger partial charge in [0.05, 0.1) is 6.26 Å². The van der Waals surface area contributed by atoms with Crippen LogP contribution < -0.4 is 0 Å². The third kappa shape index (κ3) is 1.81. The van der Waals surface area contributed by atoms with Crippen molar-refractivity contribution < 1.29 is 8.42 Å². The van der Waals surface area contributed by atoms with Gasteiger partial charge in [0.1, 0.15) is 0 Å². The van der Waals surface area contributed by atoms with Crippen LogP contribution in [0.25, 0.3) is 0 Å². The lowest BCUT2D eigenvalue weighted by molar-refractivity contribution is 0.00794. The van der Waals surface area contributed by atoms with Crippen molar-refractivity contribution in [2.24, 2.45) is 5.41 Å². The van der Waals surface area contributed by atoms with Crippen molar-refractivity contribution in [3.05, 3.63) is 0 Å². The monoisotopic (exact) mass is 218 g/mol. The predicted octanol–water partition coefficient (Wildman–Crippen LogP) is -0.0264. The second kappa shape index (κ2) is 3.18. The van der Waals surface area contributed by atoms with Crippen molar-refractivity contribution >= 4 is 10.0 Å². The molecule has 1 spiro atoms. The highest BCUT2D eigenvalue weighted by atomic mass is 32.2. The van der Waals surface area contributed by atoms with Gasteiger partial charge >= 0.3 is 0 Å². The third-order valence-electron chi connectivity index (χ3n) is 3.54. The third-order valence-corrected chi connectivity index (χ3v) is 4.74. The van der Waals surface area contributed by atoms with Crippen LogP contribution in [0.1, 0.15) is 12.8 Å². The molecule has 14 heavy (non-hydrogen) atoms. The lowest BCUT2D eigenvalue weighted by Crippen LogP contribution is -2.61. The van der Waals surface area contributed by atoms with Crippen LogP contribution in [0.4, 0.5) is 0 Å². The zero-order valence-corrected chi connectivity index (χ0v) is 9.68. The van der Waals surface area contributed by atoms with Crippen molar-refractivity contribution in [1.82, 2.24) is 9.21 Å². The predicted molar refractivity (Wildman–Crippen MR) is 55.6 cm³/mol. The lowest BCUT2D eigenvalue weighted by Gasteiger charge is -2.52. The van der Waals surface area contributed by atoms with Gasteiger partial charge in [0.2, 0.25) is 10.0 Å². The molecule has 0 saturated carbocycles. The molecule has 0 amide bonds. The fraction of sp³-hybridized carbons (Fsp3) is 1.00. The van der Waals surface area contributed by atoms with Gasteiger partial charge < -0.3 is 4.90 Å². The van der Waals surface area contributed by atoms with E-state index in [1.165, 1.54) is 6.26 Å². The molecule has 0 aromatic heterocycles. The molecule has 82 valence electrons. The fourth-order valence-corrected chi connectivity index (χ4v) is 3.36. The maximum atomic E-state index is 11.2. The first kappa shape index (κ1) is 10.4. The number of sulfonamides is 1. The van der Waals surface area contributed by atoms with E-state index in [1.807, 2.05) is 0 Å². The van der Waals surface area contributed by atoms with E-state index in [0.29, 0.717) is 5.41 Å². The van der Waals surface area contributed by atoms with Crippen LogP contribution in [0, 0.1) is 5.41 Å². The molecule has 2 aliphatic heterocycles. The topological polar surface area (TPSA) is 40.6 Å². The van der Waals surface area contributed by atoms with E-state index in [0.717, 1.165) is 39.0 Å². The molecule has 0 unspecified atom stereocenters. The summed E-state index contributed by atoms with van der Waals surface area (Å²) in [5.41, 5.74) is 0.315. The number of piperidine rings is 1. The molecular weight excluding hydrogens is 200 g/mol. The van der Waals surface area contributed by atoms with Gasteiger partial charge in [-0.3, -0.25) is 0 Å². The Morgan fingerprint density at radius 1 is 1.14 bits per heavy atom. The van der Waals surface area contributed by atoms with Crippen molar-refractivity contribution in [2.75, 3.05) is 39.5 Å². The Balaban J connectivity index is 1.93. The van der Waals surface area contributed by atoms with Gasteiger partial charge in [-0.05, 0) is 33.0 Å². The molecule has 4 nitrogen and oxygen atoms in total. The van der Waals surface area contributed by atoms with Gasteiger partial charge in [0.15, 0.2) is 0 Å². The molecule has 0 aliphatic carbocycles. The summed E-state index contributed by atoms with van der Waals surface area (Å²) in [6, 6.07) is 0. The maximum absolute atomic E-state index is 11.2. The molecule has 0 N–H and O–H groups in total. The van der Waals surface area contributed by atoms with Crippen LogP contribution in [0.5, 0.6) is 0 Å².